The van der Waals surface area contributed by atoms with Gasteiger partial charge in [-0.05, 0) is 55.5 Å². The molecule has 0 saturated carbocycles. The smallest absolute Gasteiger partial charge is 0.321 e. The summed E-state index contributed by atoms with van der Waals surface area (Å²) in [5.41, 5.74) is 0.845. The maximum Gasteiger partial charge on any atom is 0.321 e. The summed E-state index contributed by atoms with van der Waals surface area (Å²) in [5, 5.41) is 12.7. The fourth-order valence-electron chi connectivity index (χ4n) is 4.59. The minimum absolute atomic E-state index is 0.00385. The molecule has 1 heterocycles. The maximum absolute atomic E-state index is 13.7. The molecule has 3 aromatic rings. The Hall–Kier alpha value is -4.29. The zero-order valence-corrected chi connectivity index (χ0v) is 24.8. The number of likely N-dealkylation sites (N-methyl/N-ethyl adjacent to an activating group) is 1. The molecule has 1 aliphatic heterocycles. The van der Waals surface area contributed by atoms with E-state index in [1.165, 1.54) is 42.3 Å². The van der Waals surface area contributed by atoms with Gasteiger partial charge in [0.15, 0.2) is 5.75 Å². The predicted molar refractivity (Wildman–Crippen MR) is 159 cm³/mol. The van der Waals surface area contributed by atoms with E-state index in [1.807, 2.05) is 25.1 Å². The Kier molecular flexibility index (Phi) is 9.59. The van der Waals surface area contributed by atoms with E-state index >= 15 is 0 Å². The summed E-state index contributed by atoms with van der Waals surface area (Å²) in [5.74, 6) is -0.155. The first kappa shape index (κ1) is 30.7. The third-order valence-electron chi connectivity index (χ3n) is 7.13. The highest BCUT2D eigenvalue weighted by molar-refractivity contribution is 7.92. The number of rotatable bonds is 9. The van der Waals surface area contributed by atoms with E-state index in [4.69, 9.17) is 9.47 Å². The van der Waals surface area contributed by atoms with Gasteiger partial charge >= 0.3 is 6.03 Å². The number of fused-ring (bicyclic) bond motifs is 1. The molecule has 3 N–H and O–H groups in total. The predicted octanol–water partition coefficient (Wildman–Crippen LogP) is 3.88. The molecule has 0 spiro atoms. The number of aliphatic hydroxyl groups is 1. The van der Waals surface area contributed by atoms with E-state index in [2.05, 4.69) is 10.0 Å². The van der Waals surface area contributed by atoms with E-state index < -0.39 is 28.1 Å². The summed E-state index contributed by atoms with van der Waals surface area (Å²) < 4.78 is 40.8. The fourth-order valence-corrected chi connectivity index (χ4v) is 5.66. The average molecular weight is 597 g/mol. The van der Waals surface area contributed by atoms with Crippen molar-refractivity contribution in [1.82, 2.24) is 9.80 Å². The van der Waals surface area contributed by atoms with Crippen LogP contribution >= 0.6 is 0 Å². The Morgan fingerprint density at radius 3 is 2.45 bits per heavy atom. The molecule has 0 aliphatic carbocycles. The molecule has 0 bridgehead atoms. The third-order valence-corrected chi connectivity index (χ3v) is 8.51. The Morgan fingerprint density at radius 1 is 1.12 bits per heavy atom. The third kappa shape index (κ3) is 6.94. The Morgan fingerprint density at radius 2 is 1.81 bits per heavy atom. The maximum atomic E-state index is 13.7. The number of nitrogens with zero attached hydrogens (tertiary/aromatic N) is 2. The number of para-hydroxylation sites is 2. The molecule has 11 nitrogen and oxygen atoms in total. The number of amides is 3. The minimum atomic E-state index is -4.07. The van der Waals surface area contributed by atoms with Gasteiger partial charge in [-0.1, -0.05) is 31.2 Å². The van der Waals surface area contributed by atoms with Crippen molar-refractivity contribution >= 4 is 33.3 Å². The number of anilines is 2. The number of urea groups is 1. The van der Waals surface area contributed by atoms with Gasteiger partial charge in [0, 0.05) is 25.2 Å². The first-order valence-corrected chi connectivity index (χ1v) is 15.0. The standard InChI is InChI=1S/C30H36N4O7S/c1-20-17-34(21(2)19-35)29(36)25-11-8-12-26(32-42(38,39)24-15-13-23(40-4)14-16-24)28(25)41-27(20)18-33(3)30(37)31-22-9-6-5-7-10-22/h5-16,20-21,27,32,35H,17-19H2,1-4H3,(H,31,37)/t20-,21+,27+/m1/s1. The highest BCUT2D eigenvalue weighted by Crippen LogP contribution is 2.36. The number of methoxy groups -OCH3 is 1. The van der Waals surface area contributed by atoms with E-state index in [9.17, 15) is 23.1 Å². The van der Waals surface area contributed by atoms with Crippen molar-refractivity contribution in [2.24, 2.45) is 5.92 Å². The average Bonchev–Trinajstić information content (AvgIpc) is 2.99. The molecule has 3 atom stereocenters. The lowest BCUT2D eigenvalue weighted by Crippen LogP contribution is -2.50. The zero-order valence-electron chi connectivity index (χ0n) is 24.0. The normalized spacial score (nSPS) is 17.6. The summed E-state index contributed by atoms with van der Waals surface area (Å²) in [6.07, 6.45) is -0.636. The molecule has 0 aromatic heterocycles. The molecule has 0 saturated heterocycles. The van der Waals surface area contributed by atoms with Crippen LogP contribution in [0, 0.1) is 5.92 Å². The number of nitrogens with one attached hydrogen (secondary N) is 2. The second-order valence-electron chi connectivity index (χ2n) is 10.3. The van der Waals surface area contributed by atoms with E-state index in [-0.39, 0.29) is 53.5 Å². The van der Waals surface area contributed by atoms with Gasteiger partial charge in [-0.15, -0.1) is 0 Å². The van der Waals surface area contributed by atoms with Crippen molar-refractivity contribution in [3.63, 3.8) is 0 Å². The van der Waals surface area contributed by atoms with Gasteiger partial charge in [-0.3, -0.25) is 9.52 Å². The molecular formula is C30H36N4O7S. The van der Waals surface area contributed by atoms with Crippen LogP contribution in [0.5, 0.6) is 11.5 Å². The number of hydrogen-bond acceptors (Lipinski definition) is 7. The zero-order chi connectivity index (χ0) is 30.4. The Bertz CT molecular complexity index is 1500. The number of aliphatic hydroxyl groups excluding tert-OH is 1. The number of sulfonamides is 1. The van der Waals surface area contributed by atoms with Gasteiger partial charge in [0.05, 0.1) is 42.4 Å². The number of carbonyl (C=O) groups is 2. The van der Waals surface area contributed by atoms with E-state index in [0.717, 1.165) is 0 Å². The van der Waals surface area contributed by atoms with Gasteiger partial charge in [0.1, 0.15) is 11.9 Å². The van der Waals surface area contributed by atoms with Crippen molar-refractivity contribution < 1.29 is 32.6 Å². The van der Waals surface area contributed by atoms with Crippen LogP contribution < -0.4 is 19.5 Å². The van der Waals surface area contributed by atoms with Crippen LogP contribution in [0.15, 0.2) is 77.7 Å². The first-order chi connectivity index (χ1) is 20.0. The van der Waals surface area contributed by atoms with Crippen LogP contribution in [-0.4, -0.2) is 81.3 Å². The van der Waals surface area contributed by atoms with E-state index in [1.54, 1.807) is 43.1 Å². The molecule has 3 amide bonds. The molecule has 224 valence electrons. The number of carbonyl (C=O) groups excluding carboxylic acids is 2. The minimum Gasteiger partial charge on any atom is -0.497 e. The van der Waals surface area contributed by atoms with Gasteiger partial charge in [-0.25, -0.2) is 13.2 Å². The van der Waals surface area contributed by atoms with Gasteiger partial charge in [0.25, 0.3) is 15.9 Å². The molecule has 3 aromatic carbocycles. The Labute approximate surface area is 246 Å². The van der Waals surface area contributed by atoms with Crippen molar-refractivity contribution in [3.8, 4) is 11.5 Å². The summed E-state index contributed by atoms with van der Waals surface area (Å²) in [7, 11) is -0.956. The van der Waals surface area contributed by atoms with E-state index in [0.29, 0.717) is 11.4 Å². The van der Waals surface area contributed by atoms with Gasteiger partial charge < -0.3 is 29.7 Å². The van der Waals surface area contributed by atoms with Crippen molar-refractivity contribution in [2.45, 2.75) is 30.9 Å². The summed E-state index contributed by atoms with van der Waals surface area (Å²) in [6.45, 7) is 3.74. The lowest BCUT2D eigenvalue weighted by atomic mass is 9.99. The number of ether oxygens (including phenoxy) is 2. The summed E-state index contributed by atoms with van der Waals surface area (Å²) in [4.78, 5) is 29.7. The first-order valence-electron chi connectivity index (χ1n) is 13.5. The lowest BCUT2D eigenvalue weighted by Gasteiger charge is -2.38. The molecule has 1 aliphatic rings. The molecule has 4 rings (SSSR count). The molecule has 0 radical (unpaired) electrons. The van der Waals surface area contributed by atoms with Crippen molar-refractivity contribution in [1.29, 1.82) is 0 Å². The Balaban J connectivity index is 1.69. The highest BCUT2D eigenvalue weighted by atomic mass is 32.2. The number of benzene rings is 3. The molecule has 0 unspecified atom stereocenters. The van der Waals surface area contributed by atoms with Gasteiger partial charge in [0.2, 0.25) is 0 Å². The topological polar surface area (TPSA) is 138 Å². The molecule has 42 heavy (non-hydrogen) atoms. The summed E-state index contributed by atoms with van der Waals surface area (Å²) >= 11 is 0. The highest BCUT2D eigenvalue weighted by Gasteiger charge is 2.35. The molecule has 0 fully saturated rings. The van der Waals surface area contributed by atoms with Crippen LogP contribution in [-0.2, 0) is 10.0 Å². The fraction of sp³-hybridized carbons (Fsp3) is 0.333. The van der Waals surface area contributed by atoms with Gasteiger partial charge in [-0.2, -0.15) is 0 Å². The lowest BCUT2D eigenvalue weighted by molar-refractivity contribution is 0.0373. The van der Waals surface area contributed by atoms with Crippen LogP contribution in [0.25, 0.3) is 0 Å². The van der Waals surface area contributed by atoms with Crippen LogP contribution in [0.1, 0.15) is 24.2 Å². The molecular weight excluding hydrogens is 560 g/mol. The van der Waals surface area contributed by atoms with Crippen molar-refractivity contribution in [2.75, 3.05) is 43.9 Å². The molecule has 12 heteroatoms. The second kappa shape index (κ2) is 13.1. The van der Waals surface area contributed by atoms with Crippen molar-refractivity contribution in [3.05, 3.63) is 78.4 Å². The monoisotopic (exact) mass is 596 g/mol. The largest absolute Gasteiger partial charge is 0.497 e. The van der Waals surface area contributed by atoms with Crippen LogP contribution in [0.2, 0.25) is 0 Å². The van der Waals surface area contributed by atoms with Crippen LogP contribution in [0.4, 0.5) is 16.2 Å². The summed E-state index contributed by atoms with van der Waals surface area (Å²) in [6, 6.07) is 18.7. The quantitative estimate of drug-likeness (QED) is 0.341. The van der Waals surface area contributed by atoms with Crippen LogP contribution in [0.3, 0.4) is 0 Å². The second-order valence-corrected chi connectivity index (χ2v) is 11.9. The number of hydrogen-bond donors (Lipinski definition) is 3. The SMILES string of the molecule is COc1ccc(S(=O)(=O)Nc2cccc3c2O[C@@H](CN(C)C(=O)Nc2ccccc2)[C@H](C)CN([C@@H](C)CO)C3=O)cc1.